The largest absolute Gasteiger partial charge is 0.363 e. The number of hydrogen-bond acceptors (Lipinski definition) is 5. The number of pyridine rings is 1. The lowest BCUT2D eigenvalue weighted by Gasteiger charge is -2.23. The lowest BCUT2D eigenvalue weighted by molar-refractivity contribution is 0.0990. The third-order valence-electron chi connectivity index (χ3n) is 2.97. The number of carbonyl (C=O) groups excluding carboxylic acids is 1. The second kappa shape index (κ2) is 4.10. The molecule has 18 heavy (non-hydrogen) atoms. The van der Waals surface area contributed by atoms with Gasteiger partial charge in [0.25, 0.3) is 5.91 Å². The van der Waals surface area contributed by atoms with Crippen LogP contribution in [0.5, 0.6) is 0 Å². The zero-order valence-corrected chi connectivity index (χ0v) is 9.58. The molecule has 0 spiro atoms. The number of fused-ring (bicyclic) bond motifs is 1. The second-order valence-corrected chi connectivity index (χ2v) is 4.16. The molecule has 3 heterocycles. The van der Waals surface area contributed by atoms with E-state index in [1.54, 1.807) is 17.1 Å². The van der Waals surface area contributed by atoms with Crippen LogP contribution in [0.15, 0.2) is 24.5 Å². The van der Waals surface area contributed by atoms with E-state index in [9.17, 15) is 4.79 Å². The van der Waals surface area contributed by atoms with Crippen molar-refractivity contribution in [3.63, 3.8) is 0 Å². The Morgan fingerprint density at radius 1 is 1.44 bits per heavy atom. The summed E-state index contributed by atoms with van der Waals surface area (Å²) < 4.78 is 1.68. The van der Waals surface area contributed by atoms with Crippen LogP contribution >= 0.6 is 0 Å². The minimum Gasteiger partial charge on any atom is -0.363 e. The number of carbonyl (C=O) groups is 1. The van der Waals surface area contributed by atoms with Crippen LogP contribution in [0.3, 0.4) is 0 Å². The Labute approximate surface area is 103 Å². The molecule has 3 rings (SSSR count). The standard InChI is InChI=1S/C11H12N6O/c12-9(18)10-15-11-14-5-8(6-17(11)16-10)7-1-3-13-4-2-7/h1-4,8H,5-6H2,(H2,12,18)(H,14,15,16). The van der Waals surface area contributed by atoms with Gasteiger partial charge < -0.3 is 11.1 Å². The van der Waals surface area contributed by atoms with Gasteiger partial charge in [-0.25, -0.2) is 4.68 Å². The highest BCUT2D eigenvalue weighted by atomic mass is 16.1. The molecule has 0 bridgehead atoms. The van der Waals surface area contributed by atoms with Crippen LogP contribution in [0.4, 0.5) is 5.95 Å². The summed E-state index contributed by atoms with van der Waals surface area (Å²) in [5, 5.41) is 7.23. The van der Waals surface area contributed by atoms with Gasteiger partial charge >= 0.3 is 0 Å². The molecule has 3 N–H and O–H groups in total. The maximum absolute atomic E-state index is 11.0. The normalized spacial score (nSPS) is 17.9. The van der Waals surface area contributed by atoms with E-state index in [2.05, 4.69) is 20.4 Å². The van der Waals surface area contributed by atoms with Gasteiger partial charge in [0.1, 0.15) is 0 Å². The lowest BCUT2D eigenvalue weighted by atomic mass is 9.99. The Bertz CT molecular complexity index is 578. The van der Waals surface area contributed by atoms with Gasteiger partial charge in [0.2, 0.25) is 11.8 Å². The molecule has 7 nitrogen and oxygen atoms in total. The minimum absolute atomic E-state index is 0.0490. The Kier molecular flexibility index (Phi) is 2.44. The van der Waals surface area contributed by atoms with Gasteiger partial charge in [0, 0.05) is 24.9 Å². The molecule has 0 saturated heterocycles. The molecule has 1 unspecified atom stereocenters. The number of amides is 1. The molecule has 1 aliphatic rings. The van der Waals surface area contributed by atoms with E-state index >= 15 is 0 Å². The van der Waals surface area contributed by atoms with Crippen molar-refractivity contribution in [3.8, 4) is 0 Å². The maximum Gasteiger partial charge on any atom is 0.288 e. The molecule has 1 amide bonds. The Morgan fingerprint density at radius 3 is 2.94 bits per heavy atom. The molecular weight excluding hydrogens is 232 g/mol. The fourth-order valence-electron chi connectivity index (χ4n) is 2.05. The van der Waals surface area contributed by atoms with Gasteiger partial charge in [-0.1, -0.05) is 0 Å². The zero-order valence-electron chi connectivity index (χ0n) is 9.58. The van der Waals surface area contributed by atoms with Gasteiger partial charge in [-0.05, 0) is 17.7 Å². The fraction of sp³-hybridized carbons (Fsp3) is 0.273. The molecule has 0 aromatic carbocycles. The van der Waals surface area contributed by atoms with E-state index < -0.39 is 5.91 Å². The molecule has 0 saturated carbocycles. The molecule has 2 aromatic heterocycles. The summed E-state index contributed by atoms with van der Waals surface area (Å²) in [6.45, 7) is 1.42. The summed E-state index contributed by atoms with van der Waals surface area (Å²) in [6, 6.07) is 3.95. The van der Waals surface area contributed by atoms with E-state index in [1.165, 1.54) is 5.56 Å². The average molecular weight is 244 g/mol. The maximum atomic E-state index is 11.0. The third kappa shape index (κ3) is 1.79. The van der Waals surface area contributed by atoms with Crippen molar-refractivity contribution in [2.45, 2.75) is 12.5 Å². The van der Waals surface area contributed by atoms with Crippen LogP contribution in [-0.4, -0.2) is 32.2 Å². The van der Waals surface area contributed by atoms with Crippen molar-refractivity contribution in [1.82, 2.24) is 19.7 Å². The molecule has 0 aliphatic carbocycles. The number of aromatic nitrogens is 4. The second-order valence-electron chi connectivity index (χ2n) is 4.16. The van der Waals surface area contributed by atoms with Gasteiger partial charge in [0.15, 0.2) is 0 Å². The SMILES string of the molecule is NC(=O)c1nc2n(n1)CC(c1ccncc1)CN2. The molecule has 0 radical (unpaired) electrons. The van der Waals surface area contributed by atoms with Crippen molar-refractivity contribution in [3.05, 3.63) is 35.9 Å². The monoisotopic (exact) mass is 244 g/mol. The minimum atomic E-state index is -0.612. The predicted molar refractivity (Wildman–Crippen MR) is 64.0 cm³/mol. The van der Waals surface area contributed by atoms with Gasteiger partial charge in [-0.3, -0.25) is 9.78 Å². The highest BCUT2D eigenvalue weighted by Crippen LogP contribution is 2.23. The number of anilines is 1. The summed E-state index contributed by atoms with van der Waals surface area (Å²) in [5.41, 5.74) is 6.34. The van der Waals surface area contributed by atoms with Crippen molar-refractivity contribution in [2.24, 2.45) is 5.73 Å². The van der Waals surface area contributed by atoms with E-state index in [-0.39, 0.29) is 11.7 Å². The number of nitrogens with one attached hydrogen (secondary N) is 1. The first kappa shape index (κ1) is 10.7. The van der Waals surface area contributed by atoms with Crippen LogP contribution in [0, 0.1) is 0 Å². The summed E-state index contributed by atoms with van der Waals surface area (Å²) in [7, 11) is 0. The van der Waals surface area contributed by atoms with E-state index in [0.717, 1.165) is 6.54 Å². The van der Waals surface area contributed by atoms with Gasteiger partial charge in [-0.15, -0.1) is 5.10 Å². The van der Waals surface area contributed by atoms with Crippen LogP contribution in [0.25, 0.3) is 0 Å². The molecule has 1 aliphatic heterocycles. The smallest absolute Gasteiger partial charge is 0.288 e. The summed E-state index contributed by atoms with van der Waals surface area (Å²) in [4.78, 5) is 19.0. The van der Waals surface area contributed by atoms with Crippen LogP contribution < -0.4 is 11.1 Å². The molecule has 1 atom stereocenters. The molecular formula is C11H12N6O. The summed E-state index contributed by atoms with van der Waals surface area (Å²) in [5.74, 6) is 0.309. The highest BCUT2D eigenvalue weighted by Gasteiger charge is 2.23. The topological polar surface area (TPSA) is 98.7 Å². The Hall–Kier alpha value is -2.44. The first-order valence-corrected chi connectivity index (χ1v) is 5.62. The highest BCUT2D eigenvalue weighted by molar-refractivity contribution is 5.89. The predicted octanol–water partition coefficient (Wildman–Crippen LogP) is -0.0187. The number of nitrogens with zero attached hydrogens (tertiary/aromatic N) is 4. The number of hydrogen-bond donors (Lipinski definition) is 2. The summed E-state index contributed by atoms with van der Waals surface area (Å²) in [6.07, 6.45) is 3.53. The zero-order chi connectivity index (χ0) is 12.5. The Morgan fingerprint density at radius 2 is 2.22 bits per heavy atom. The van der Waals surface area contributed by atoms with E-state index in [0.29, 0.717) is 12.5 Å². The van der Waals surface area contributed by atoms with Crippen molar-refractivity contribution < 1.29 is 4.79 Å². The van der Waals surface area contributed by atoms with Crippen LogP contribution in [0.2, 0.25) is 0 Å². The van der Waals surface area contributed by atoms with Crippen molar-refractivity contribution in [1.29, 1.82) is 0 Å². The summed E-state index contributed by atoms with van der Waals surface area (Å²) >= 11 is 0. The third-order valence-corrected chi connectivity index (χ3v) is 2.97. The van der Waals surface area contributed by atoms with Gasteiger partial charge in [-0.2, -0.15) is 4.98 Å². The number of primary amides is 1. The van der Waals surface area contributed by atoms with Crippen LogP contribution in [0.1, 0.15) is 22.1 Å². The average Bonchev–Trinajstić information content (AvgIpc) is 2.82. The molecule has 2 aromatic rings. The van der Waals surface area contributed by atoms with Crippen molar-refractivity contribution in [2.75, 3.05) is 11.9 Å². The number of rotatable bonds is 2. The van der Waals surface area contributed by atoms with Gasteiger partial charge in [0.05, 0.1) is 6.54 Å². The Balaban J connectivity index is 1.87. The molecule has 92 valence electrons. The molecule has 7 heteroatoms. The fourth-order valence-corrected chi connectivity index (χ4v) is 2.05. The van der Waals surface area contributed by atoms with E-state index in [4.69, 9.17) is 5.73 Å². The number of nitrogens with two attached hydrogens (primary N) is 1. The molecule has 0 fully saturated rings. The first-order chi connectivity index (χ1) is 8.74. The lowest BCUT2D eigenvalue weighted by Crippen LogP contribution is -2.26. The quantitative estimate of drug-likeness (QED) is 0.773. The van der Waals surface area contributed by atoms with Crippen molar-refractivity contribution >= 4 is 11.9 Å². The van der Waals surface area contributed by atoms with E-state index in [1.807, 2.05) is 12.1 Å². The first-order valence-electron chi connectivity index (χ1n) is 5.62. The van der Waals surface area contributed by atoms with Crippen LogP contribution in [-0.2, 0) is 6.54 Å².